The van der Waals surface area contributed by atoms with Gasteiger partial charge in [0.25, 0.3) is 0 Å². The first-order chi connectivity index (χ1) is 8.41. The zero-order valence-corrected chi connectivity index (χ0v) is 12.9. The molecule has 2 aromatic heterocycles. The van der Waals surface area contributed by atoms with E-state index in [-0.39, 0.29) is 5.92 Å². The molecule has 0 spiro atoms. The average Bonchev–Trinajstić information content (AvgIpc) is 2.62. The van der Waals surface area contributed by atoms with E-state index in [0.717, 1.165) is 21.4 Å². The van der Waals surface area contributed by atoms with Crippen molar-refractivity contribution in [2.75, 3.05) is 0 Å². The molecule has 96 valence electrons. The first-order valence-electron chi connectivity index (χ1n) is 5.58. The van der Waals surface area contributed by atoms with Gasteiger partial charge in [-0.25, -0.2) is 9.97 Å². The molecule has 0 N–H and O–H groups in total. The van der Waals surface area contributed by atoms with Crippen molar-refractivity contribution in [3.05, 3.63) is 26.8 Å². The normalized spacial score (nSPS) is 11.3. The lowest BCUT2D eigenvalue weighted by Gasteiger charge is -2.10. The smallest absolute Gasteiger partial charge is 0.166 e. The summed E-state index contributed by atoms with van der Waals surface area (Å²) in [7, 11) is 0. The summed E-state index contributed by atoms with van der Waals surface area (Å²) < 4.78 is 5.88. The summed E-state index contributed by atoms with van der Waals surface area (Å²) >= 11 is 9.55. The Labute approximate surface area is 119 Å². The fourth-order valence-corrected chi connectivity index (χ4v) is 2.54. The van der Waals surface area contributed by atoms with Gasteiger partial charge in [-0.1, -0.05) is 30.6 Å². The zero-order chi connectivity index (χ0) is 13.4. The molecule has 0 unspecified atom stereocenters. The summed E-state index contributed by atoms with van der Waals surface area (Å²) in [6, 6.07) is 0. The maximum atomic E-state index is 6.14. The van der Waals surface area contributed by atoms with Crippen molar-refractivity contribution in [1.82, 2.24) is 15.1 Å². The molecule has 4 nitrogen and oxygen atoms in total. The van der Waals surface area contributed by atoms with Crippen molar-refractivity contribution in [2.24, 2.45) is 0 Å². The molecular weight excluding hydrogens is 318 g/mol. The van der Waals surface area contributed by atoms with Crippen LogP contribution in [-0.4, -0.2) is 15.1 Å². The number of halogens is 2. The van der Waals surface area contributed by atoms with E-state index in [2.05, 4.69) is 44.9 Å². The molecule has 0 amide bonds. The van der Waals surface area contributed by atoms with Crippen molar-refractivity contribution < 1.29 is 4.52 Å². The maximum absolute atomic E-state index is 6.14. The highest BCUT2D eigenvalue weighted by Crippen LogP contribution is 2.32. The molecule has 0 saturated heterocycles. The molecule has 0 aliphatic heterocycles. The Kier molecular flexibility index (Phi) is 3.73. The van der Waals surface area contributed by atoms with E-state index in [9.17, 15) is 0 Å². The fourth-order valence-electron chi connectivity index (χ4n) is 1.73. The molecule has 0 fully saturated rings. The van der Waals surface area contributed by atoms with Crippen molar-refractivity contribution >= 4 is 27.5 Å². The molecule has 0 aliphatic rings. The zero-order valence-electron chi connectivity index (χ0n) is 10.6. The first-order valence-corrected chi connectivity index (χ1v) is 6.75. The highest BCUT2D eigenvalue weighted by atomic mass is 79.9. The first kappa shape index (κ1) is 13.5. The van der Waals surface area contributed by atoms with Crippen LogP contribution in [0.4, 0.5) is 0 Å². The maximum Gasteiger partial charge on any atom is 0.166 e. The molecule has 2 rings (SSSR count). The average molecular weight is 331 g/mol. The molecule has 6 heteroatoms. The molecule has 0 bridgehead atoms. The summed E-state index contributed by atoms with van der Waals surface area (Å²) in [5.74, 6) is 1.50. The molecular formula is C12H13BrClN3O. The Morgan fingerprint density at radius 2 is 1.89 bits per heavy atom. The van der Waals surface area contributed by atoms with Gasteiger partial charge >= 0.3 is 0 Å². The van der Waals surface area contributed by atoms with Crippen LogP contribution in [-0.2, 0) is 0 Å². The lowest BCUT2D eigenvalue weighted by atomic mass is 10.1. The lowest BCUT2D eigenvalue weighted by molar-refractivity contribution is 0.393. The highest BCUT2D eigenvalue weighted by molar-refractivity contribution is 9.10. The van der Waals surface area contributed by atoms with Gasteiger partial charge in [0.05, 0.1) is 21.4 Å². The lowest BCUT2D eigenvalue weighted by Crippen LogP contribution is -2.01. The van der Waals surface area contributed by atoms with Crippen molar-refractivity contribution in [1.29, 1.82) is 0 Å². The molecule has 0 aromatic carbocycles. The Hall–Kier alpha value is -0.940. The molecule has 0 saturated carbocycles. The van der Waals surface area contributed by atoms with Gasteiger partial charge in [-0.15, -0.1) is 0 Å². The Morgan fingerprint density at radius 1 is 1.22 bits per heavy atom. The Morgan fingerprint density at radius 3 is 2.39 bits per heavy atom. The fraction of sp³-hybridized carbons (Fsp3) is 0.417. The van der Waals surface area contributed by atoms with Gasteiger partial charge in [0, 0.05) is 0 Å². The third-order valence-electron chi connectivity index (χ3n) is 2.64. The van der Waals surface area contributed by atoms with Crippen LogP contribution in [0.25, 0.3) is 11.4 Å². The van der Waals surface area contributed by atoms with Gasteiger partial charge in [-0.3, -0.25) is 0 Å². The van der Waals surface area contributed by atoms with Crippen LogP contribution in [0.1, 0.15) is 36.9 Å². The predicted molar refractivity (Wildman–Crippen MR) is 73.8 cm³/mol. The Balaban J connectivity index is 2.67. The monoisotopic (exact) mass is 329 g/mol. The van der Waals surface area contributed by atoms with Crippen molar-refractivity contribution in [3.63, 3.8) is 0 Å². The van der Waals surface area contributed by atoms with E-state index in [1.165, 1.54) is 0 Å². The van der Waals surface area contributed by atoms with Gasteiger partial charge in [0.2, 0.25) is 0 Å². The second-order valence-corrected chi connectivity index (χ2v) is 5.54. The second kappa shape index (κ2) is 4.97. The van der Waals surface area contributed by atoms with Gasteiger partial charge in [0.1, 0.15) is 10.9 Å². The molecule has 0 aliphatic carbocycles. The van der Waals surface area contributed by atoms with Crippen LogP contribution >= 0.6 is 27.5 Å². The summed E-state index contributed by atoms with van der Waals surface area (Å²) in [6.45, 7) is 7.81. The molecule has 18 heavy (non-hydrogen) atoms. The minimum Gasteiger partial charge on any atom is -0.361 e. The van der Waals surface area contributed by atoms with Gasteiger partial charge in [-0.05, 0) is 35.7 Å². The Bertz CT molecular complexity index is 576. The third kappa shape index (κ3) is 2.29. The van der Waals surface area contributed by atoms with Crippen LogP contribution in [0.15, 0.2) is 9.00 Å². The number of aryl methyl sites for hydroxylation is 2. The van der Waals surface area contributed by atoms with E-state index in [4.69, 9.17) is 16.1 Å². The minimum absolute atomic E-state index is 0.249. The highest BCUT2D eigenvalue weighted by Gasteiger charge is 2.19. The summed E-state index contributed by atoms with van der Waals surface area (Å²) in [5, 5.41) is 4.32. The molecule has 2 heterocycles. The van der Waals surface area contributed by atoms with E-state index in [1.54, 1.807) is 0 Å². The number of rotatable bonds is 2. The molecule has 0 radical (unpaired) electrons. The van der Waals surface area contributed by atoms with Crippen molar-refractivity contribution in [3.8, 4) is 11.4 Å². The number of aromatic nitrogens is 3. The van der Waals surface area contributed by atoms with Crippen LogP contribution in [0.2, 0.25) is 5.15 Å². The molecule has 0 atom stereocenters. The SMILES string of the molecule is Cc1noc(C)c1-c1nc(Cl)c(Br)c(C(C)C)n1. The summed E-state index contributed by atoms with van der Waals surface area (Å²) in [4.78, 5) is 8.84. The molecule has 2 aromatic rings. The second-order valence-electron chi connectivity index (χ2n) is 4.39. The largest absolute Gasteiger partial charge is 0.361 e. The van der Waals surface area contributed by atoms with Crippen LogP contribution in [0, 0.1) is 13.8 Å². The quantitative estimate of drug-likeness (QED) is 0.771. The van der Waals surface area contributed by atoms with Gasteiger partial charge in [-0.2, -0.15) is 0 Å². The third-order valence-corrected chi connectivity index (χ3v) is 3.92. The standard InChI is InChI=1S/C12H13BrClN3O/c1-5(2)10-9(13)11(14)16-12(15-10)8-6(3)17-18-7(8)4/h5H,1-4H3. The number of hydrogen-bond acceptors (Lipinski definition) is 4. The number of nitrogens with zero attached hydrogens (tertiary/aromatic N) is 3. The van der Waals surface area contributed by atoms with E-state index < -0.39 is 0 Å². The summed E-state index contributed by atoms with van der Waals surface area (Å²) in [5.41, 5.74) is 2.46. The minimum atomic E-state index is 0.249. The van der Waals surface area contributed by atoms with E-state index in [1.807, 2.05) is 13.8 Å². The van der Waals surface area contributed by atoms with Crippen molar-refractivity contribution in [2.45, 2.75) is 33.6 Å². The van der Waals surface area contributed by atoms with Crippen LogP contribution < -0.4 is 0 Å². The van der Waals surface area contributed by atoms with Crippen LogP contribution in [0.5, 0.6) is 0 Å². The predicted octanol–water partition coefficient (Wildman–Crippen LogP) is 4.29. The van der Waals surface area contributed by atoms with Gasteiger partial charge < -0.3 is 4.52 Å². The van der Waals surface area contributed by atoms with Crippen LogP contribution in [0.3, 0.4) is 0 Å². The number of hydrogen-bond donors (Lipinski definition) is 0. The van der Waals surface area contributed by atoms with Gasteiger partial charge in [0.15, 0.2) is 5.82 Å². The van der Waals surface area contributed by atoms with E-state index >= 15 is 0 Å². The summed E-state index contributed by atoms with van der Waals surface area (Å²) in [6.07, 6.45) is 0. The van der Waals surface area contributed by atoms with E-state index in [0.29, 0.717) is 16.7 Å². The topological polar surface area (TPSA) is 51.8 Å².